The Balaban J connectivity index is 2.76. The monoisotopic (exact) mass is 254 g/mol. The molecule has 0 saturated carbocycles. The molecule has 2 aromatic rings. The van der Waals surface area contributed by atoms with E-state index in [-0.39, 0.29) is 11.2 Å². The fourth-order valence-electron chi connectivity index (χ4n) is 1.65. The number of carbonyl (C=O) groups excluding carboxylic acids is 1. The molecule has 7 heteroatoms. The Morgan fingerprint density at radius 1 is 1.53 bits per heavy atom. The smallest absolute Gasteiger partial charge is 0.341 e. The van der Waals surface area contributed by atoms with Crippen LogP contribution >= 0.6 is 11.6 Å². The van der Waals surface area contributed by atoms with E-state index in [1.807, 2.05) is 13.8 Å². The van der Waals surface area contributed by atoms with Gasteiger partial charge in [0.2, 0.25) is 5.28 Å². The van der Waals surface area contributed by atoms with Crippen molar-refractivity contribution in [3.8, 4) is 0 Å². The number of esters is 1. The van der Waals surface area contributed by atoms with Gasteiger partial charge in [0, 0.05) is 6.20 Å². The summed E-state index contributed by atoms with van der Waals surface area (Å²) in [7, 11) is 1.32. The quantitative estimate of drug-likeness (QED) is 0.763. The first kappa shape index (κ1) is 11.8. The minimum absolute atomic E-state index is 0.0624. The van der Waals surface area contributed by atoms with Crippen LogP contribution in [0.15, 0.2) is 6.20 Å². The van der Waals surface area contributed by atoms with Gasteiger partial charge in [-0.3, -0.25) is 0 Å². The maximum absolute atomic E-state index is 11.6. The highest BCUT2D eigenvalue weighted by molar-refractivity contribution is 6.28. The molecule has 0 spiro atoms. The van der Waals surface area contributed by atoms with E-state index in [0.29, 0.717) is 17.0 Å². The molecule has 0 bridgehead atoms. The van der Waals surface area contributed by atoms with Crippen molar-refractivity contribution in [3.05, 3.63) is 22.7 Å². The van der Waals surface area contributed by atoms with Gasteiger partial charge in [0.15, 0.2) is 0 Å². The third-order valence-electron chi connectivity index (χ3n) is 2.33. The zero-order valence-electron chi connectivity index (χ0n) is 9.64. The van der Waals surface area contributed by atoms with E-state index in [4.69, 9.17) is 16.3 Å². The molecule has 17 heavy (non-hydrogen) atoms. The molecule has 0 saturated heterocycles. The Morgan fingerprint density at radius 2 is 2.24 bits per heavy atom. The molecular weight excluding hydrogens is 244 g/mol. The number of methoxy groups -OCH3 is 1. The zero-order valence-corrected chi connectivity index (χ0v) is 10.4. The predicted molar refractivity (Wildman–Crippen MR) is 61.2 cm³/mol. The number of ether oxygens (including phenoxy) is 1. The average molecular weight is 255 g/mol. The summed E-state index contributed by atoms with van der Waals surface area (Å²) in [6.45, 7) is 3.88. The highest BCUT2D eigenvalue weighted by Crippen LogP contribution is 2.20. The molecule has 2 rings (SSSR count). The van der Waals surface area contributed by atoms with Crippen molar-refractivity contribution in [3.63, 3.8) is 0 Å². The van der Waals surface area contributed by atoms with Crippen molar-refractivity contribution in [2.75, 3.05) is 7.11 Å². The van der Waals surface area contributed by atoms with Gasteiger partial charge in [-0.25, -0.2) is 9.78 Å². The minimum Gasteiger partial charge on any atom is -0.465 e. The summed E-state index contributed by atoms with van der Waals surface area (Å²) in [4.78, 5) is 19.6. The van der Waals surface area contributed by atoms with Crippen molar-refractivity contribution < 1.29 is 9.53 Å². The molecule has 0 fully saturated rings. The van der Waals surface area contributed by atoms with E-state index >= 15 is 0 Å². The molecule has 0 amide bonds. The number of nitrogens with zero attached hydrogens (tertiary/aromatic N) is 4. The normalized spacial score (nSPS) is 11.1. The van der Waals surface area contributed by atoms with Crippen LogP contribution < -0.4 is 0 Å². The van der Waals surface area contributed by atoms with Crippen molar-refractivity contribution >= 4 is 23.3 Å². The Morgan fingerprint density at radius 3 is 2.82 bits per heavy atom. The Labute approximate surface area is 103 Å². The summed E-state index contributed by atoms with van der Waals surface area (Å²) >= 11 is 5.73. The molecule has 0 radical (unpaired) electrons. The van der Waals surface area contributed by atoms with E-state index < -0.39 is 5.97 Å². The second-order valence-corrected chi connectivity index (χ2v) is 4.13. The first-order valence-corrected chi connectivity index (χ1v) is 5.42. The zero-order chi connectivity index (χ0) is 12.6. The fourth-order valence-corrected chi connectivity index (χ4v) is 1.80. The predicted octanol–water partition coefficient (Wildman–Crippen LogP) is 1.69. The largest absolute Gasteiger partial charge is 0.465 e. The summed E-state index contributed by atoms with van der Waals surface area (Å²) < 4.78 is 6.18. The summed E-state index contributed by atoms with van der Waals surface area (Å²) in [5.41, 5.74) is 1.05. The Kier molecular flexibility index (Phi) is 2.97. The molecule has 0 aliphatic heterocycles. The fraction of sp³-hybridized carbons (Fsp3) is 0.400. The van der Waals surface area contributed by atoms with Crippen LogP contribution in [0.25, 0.3) is 5.78 Å². The van der Waals surface area contributed by atoms with Crippen LogP contribution in [-0.2, 0) is 4.74 Å². The van der Waals surface area contributed by atoms with Gasteiger partial charge in [-0.15, -0.1) is 5.10 Å². The minimum atomic E-state index is -0.449. The van der Waals surface area contributed by atoms with Gasteiger partial charge < -0.3 is 4.74 Å². The topological polar surface area (TPSA) is 69.4 Å². The molecule has 6 nitrogen and oxygen atoms in total. The SMILES string of the molecule is COC(=O)c1cnc2nc(Cl)nn2c1C(C)C. The van der Waals surface area contributed by atoms with Gasteiger partial charge in [-0.05, 0) is 17.5 Å². The van der Waals surface area contributed by atoms with Gasteiger partial charge in [-0.2, -0.15) is 9.50 Å². The lowest BCUT2D eigenvalue weighted by Crippen LogP contribution is -2.13. The van der Waals surface area contributed by atoms with Crippen LogP contribution in [0.2, 0.25) is 5.28 Å². The van der Waals surface area contributed by atoms with Crippen LogP contribution in [0.4, 0.5) is 0 Å². The van der Waals surface area contributed by atoms with Crippen LogP contribution in [0.5, 0.6) is 0 Å². The molecule has 2 heterocycles. The third-order valence-corrected chi connectivity index (χ3v) is 2.49. The third kappa shape index (κ3) is 1.95. The van der Waals surface area contributed by atoms with E-state index in [1.54, 1.807) is 0 Å². The lowest BCUT2D eigenvalue weighted by Gasteiger charge is -2.11. The van der Waals surface area contributed by atoms with Gasteiger partial charge in [0.25, 0.3) is 5.78 Å². The summed E-state index contributed by atoms with van der Waals surface area (Å²) in [5, 5.41) is 4.11. The Hall–Kier alpha value is -1.69. The lowest BCUT2D eigenvalue weighted by molar-refractivity contribution is 0.0597. The molecule has 2 aromatic heterocycles. The van der Waals surface area contributed by atoms with Crippen LogP contribution in [0, 0.1) is 0 Å². The Bertz CT molecular complexity index is 579. The average Bonchev–Trinajstić information content (AvgIpc) is 2.66. The molecule has 0 aromatic carbocycles. The molecule has 90 valence electrons. The summed E-state index contributed by atoms with van der Waals surface area (Å²) in [5.74, 6) is -0.0200. The number of halogens is 1. The maximum Gasteiger partial charge on any atom is 0.341 e. The van der Waals surface area contributed by atoms with E-state index in [1.165, 1.54) is 17.8 Å². The second kappa shape index (κ2) is 4.29. The molecule has 0 aliphatic carbocycles. The van der Waals surface area contributed by atoms with E-state index in [2.05, 4.69) is 15.1 Å². The lowest BCUT2D eigenvalue weighted by atomic mass is 10.1. The number of aromatic nitrogens is 4. The molecule has 0 atom stereocenters. The van der Waals surface area contributed by atoms with Gasteiger partial charge in [0.1, 0.15) is 0 Å². The summed E-state index contributed by atoms with van der Waals surface area (Å²) in [6, 6.07) is 0. The highest BCUT2D eigenvalue weighted by atomic mass is 35.5. The van der Waals surface area contributed by atoms with Crippen molar-refractivity contribution in [1.82, 2.24) is 19.6 Å². The standard InChI is InChI=1S/C10H11ClN4O2/c1-5(2)7-6(8(16)17-3)4-12-10-13-9(11)14-15(7)10/h4-5H,1-3H3. The molecule has 0 unspecified atom stereocenters. The molecule has 0 aliphatic rings. The number of fused-ring (bicyclic) bond motifs is 1. The second-order valence-electron chi connectivity index (χ2n) is 3.80. The number of rotatable bonds is 2. The van der Waals surface area contributed by atoms with Crippen molar-refractivity contribution in [2.45, 2.75) is 19.8 Å². The van der Waals surface area contributed by atoms with Crippen molar-refractivity contribution in [2.24, 2.45) is 0 Å². The van der Waals surface area contributed by atoms with Crippen LogP contribution in [0.1, 0.15) is 35.8 Å². The van der Waals surface area contributed by atoms with Gasteiger partial charge >= 0.3 is 5.97 Å². The number of hydrogen-bond donors (Lipinski definition) is 0. The van der Waals surface area contributed by atoms with Crippen LogP contribution in [0.3, 0.4) is 0 Å². The maximum atomic E-state index is 11.6. The number of carbonyl (C=O) groups is 1. The van der Waals surface area contributed by atoms with E-state index in [0.717, 1.165) is 0 Å². The summed E-state index contributed by atoms with van der Waals surface area (Å²) in [6.07, 6.45) is 1.43. The van der Waals surface area contributed by atoms with Gasteiger partial charge in [0.05, 0.1) is 18.4 Å². The molecular formula is C10H11ClN4O2. The first-order chi connectivity index (χ1) is 8.04. The van der Waals surface area contributed by atoms with Gasteiger partial charge in [-0.1, -0.05) is 13.8 Å². The molecule has 0 N–H and O–H groups in total. The van der Waals surface area contributed by atoms with Crippen LogP contribution in [-0.4, -0.2) is 32.7 Å². The highest BCUT2D eigenvalue weighted by Gasteiger charge is 2.20. The van der Waals surface area contributed by atoms with E-state index in [9.17, 15) is 4.79 Å². The first-order valence-electron chi connectivity index (χ1n) is 5.04. The van der Waals surface area contributed by atoms with Crippen molar-refractivity contribution in [1.29, 1.82) is 0 Å². The number of hydrogen-bond acceptors (Lipinski definition) is 5.